The van der Waals surface area contributed by atoms with Crippen molar-refractivity contribution in [3.05, 3.63) is 64.4 Å². The number of aromatic nitrogens is 2. The molecule has 2 heterocycles. The van der Waals surface area contributed by atoms with Gasteiger partial charge in [-0.15, -0.1) is 0 Å². The number of nitrogens with one attached hydrogen (secondary N) is 1. The van der Waals surface area contributed by atoms with E-state index in [4.69, 9.17) is 9.72 Å². The van der Waals surface area contributed by atoms with Crippen LogP contribution in [0, 0.1) is 0 Å². The number of benzene rings is 2. The zero-order valence-corrected chi connectivity index (χ0v) is 19.2. The van der Waals surface area contributed by atoms with Gasteiger partial charge in [-0.3, -0.25) is 14.2 Å². The molecule has 1 atom stereocenters. The molecule has 6 nitrogen and oxygen atoms in total. The third-order valence-corrected chi connectivity index (χ3v) is 6.58. The van der Waals surface area contributed by atoms with Crippen molar-refractivity contribution in [3.63, 3.8) is 0 Å². The molecule has 1 N–H and O–H groups in total. The third kappa shape index (κ3) is 5.40. The summed E-state index contributed by atoms with van der Waals surface area (Å²) in [6.45, 7) is 3.46. The number of aryl methyl sites for hydroxylation is 1. The first-order valence-corrected chi connectivity index (χ1v) is 12.3. The second-order valence-electron chi connectivity index (χ2n) is 8.05. The maximum absolute atomic E-state index is 13.3. The fraction of sp³-hybridized carbons (Fsp3) is 0.400. The zero-order chi connectivity index (χ0) is 22.3. The zero-order valence-electron chi connectivity index (χ0n) is 18.4. The van der Waals surface area contributed by atoms with Crippen molar-refractivity contribution in [2.75, 3.05) is 18.9 Å². The summed E-state index contributed by atoms with van der Waals surface area (Å²) in [6.07, 6.45) is 5.43. The largest absolute Gasteiger partial charge is 0.376 e. The van der Waals surface area contributed by atoms with Gasteiger partial charge in [0.25, 0.3) is 5.56 Å². The molecule has 1 unspecified atom stereocenters. The fourth-order valence-electron chi connectivity index (χ4n) is 3.84. The Morgan fingerprint density at radius 1 is 1.22 bits per heavy atom. The normalized spacial score (nSPS) is 15.8. The number of amides is 1. The molecule has 0 saturated carbocycles. The van der Waals surface area contributed by atoms with Crippen LogP contribution in [0.2, 0.25) is 0 Å². The van der Waals surface area contributed by atoms with Gasteiger partial charge < -0.3 is 10.1 Å². The number of carbonyl (C=O) groups is 1. The van der Waals surface area contributed by atoms with Gasteiger partial charge >= 0.3 is 0 Å². The monoisotopic (exact) mass is 451 g/mol. The van der Waals surface area contributed by atoms with Crippen LogP contribution >= 0.6 is 11.8 Å². The van der Waals surface area contributed by atoms with Crippen LogP contribution in [0.4, 0.5) is 0 Å². The summed E-state index contributed by atoms with van der Waals surface area (Å²) in [6, 6.07) is 15.4. The van der Waals surface area contributed by atoms with E-state index in [1.54, 1.807) is 10.6 Å². The summed E-state index contributed by atoms with van der Waals surface area (Å²) in [5.74, 6) is 0.0980. The third-order valence-electron chi connectivity index (χ3n) is 5.64. The van der Waals surface area contributed by atoms with Crippen molar-refractivity contribution in [2.45, 2.75) is 50.3 Å². The van der Waals surface area contributed by atoms with Gasteiger partial charge in [-0.25, -0.2) is 4.98 Å². The molecule has 0 spiro atoms. The van der Waals surface area contributed by atoms with Crippen LogP contribution in [0.1, 0.15) is 38.2 Å². The first-order valence-electron chi connectivity index (χ1n) is 11.3. The fourth-order valence-corrected chi connectivity index (χ4v) is 4.69. The van der Waals surface area contributed by atoms with Crippen molar-refractivity contribution in [1.82, 2.24) is 14.9 Å². The number of hydrogen-bond donors (Lipinski definition) is 1. The Labute approximate surface area is 192 Å². The molecular formula is C25H29N3O3S. The predicted octanol–water partition coefficient (Wildman–Crippen LogP) is 4.12. The van der Waals surface area contributed by atoms with Crippen LogP contribution in [0.5, 0.6) is 0 Å². The number of rotatable bonds is 9. The second kappa shape index (κ2) is 10.8. The molecule has 32 heavy (non-hydrogen) atoms. The maximum Gasteiger partial charge on any atom is 0.266 e. The van der Waals surface area contributed by atoms with Gasteiger partial charge in [0.05, 0.1) is 28.4 Å². The van der Waals surface area contributed by atoms with E-state index in [0.717, 1.165) is 44.4 Å². The first-order chi connectivity index (χ1) is 15.7. The SMILES string of the molecule is CCCCc1ccc(-n2c(SCC(=O)NCC3CCCO3)nc3ccccc3c2=O)cc1. The van der Waals surface area contributed by atoms with E-state index in [9.17, 15) is 9.59 Å². The summed E-state index contributed by atoms with van der Waals surface area (Å²) in [5, 5.41) is 4.01. The number of carbonyl (C=O) groups excluding carboxylic acids is 1. The molecule has 1 aromatic heterocycles. The number of para-hydroxylation sites is 1. The molecule has 0 radical (unpaired) electrons. The molecule has 1 amide bonds. The lowest BCUT2D eigenvalue weighted by atomic mass is 10.1. The Hall–Kier alpha value is -2.64. The molecule has 7 heteroatoms. The molecule has 1 fully saturated rings. The topological polar surface area (TPSA) is 73.2 Å². The lowest BCUT2D eigenvalue weighted by Gasteiger charge is -2.14. The summed E-state index contributed by atoms with van der Waals surface area (Å²) in [5.41, 5.74) is 2.52. The maximum atomic E-state index is 13.3. The van der Waals surface area contributed by atoms with E-state index in [0.29, 0.717) is 22.6 Å². The van der Waals surface area contributed by atoms with Gasteiger partial charge in [-0.1, -0.05) is 49.4 Å². The first kappa shape index (κ1) is 22.6. The van der Waals surface area contributed by atoms with Crippen molar-refractivity contribution < 1.29 is 9.53 Å². The highest BCUT2D eigenvalue weighted by Gasteiger charge is 2.18. The highest BCUT2D eigenvalue weighted by molar-refractivity contribution is 7.99. The van der Waals surface area contributed by atoms with E-state index in [1.165, 1.54) is 17.3 Å². The minimum Gasteiger partial charge on any atom is -0.376 e. The van der Waals surface area contributed by atoms with E-state index < -0.39 is 0 Å². The number of nitrogens with zero attached hydrogens (tertiary/aromatic N) is 2. The summed E-state index contributed by atoms with van der Waals surface area (Å²) in [7, 11) is 0. The van der Waals surface area contributed by atoms with Gasteiger partial charge in [0.1, 0.15) is 0 Å². The Morgan fingerprint density at radius 3 is 2.78 bits per heavy atom. The Bertz CT molecular complexity index is 1120. The molecule has 1 aliphatic heterocycles. The van der Waals surface area contributed by atoms with E-state index >= 15 is 0 Å². The highest BCUT2D eigenvalue weighted by Crippen LogP contribution is 2.22. The molecule has 4 rings (SSSR count). The van der Waals surface area contributed by atoms with E-state index in [1.807, 2.05) is 30.3 Å². The standard InChI is InChI=1S/C25H29N3O3S/c1-2-3-7-18-11-13-19(14-12-18)28-24(30)21-9-4-5-10-22(21)27-25(28)32-17-23(29)26-16-20-8-6-15-31-20/h4-5,9-14,20H,2-3,6-8,15-17H2,1H3,(H,26,29). The highest BCUT2D eigenvalue weighted by atomic mass is 32.2. The minimum atomic E-state index is -0.126. The quantitative estimate of drug-likeness (QED) is 0.391. The van der Waals surface area contributed by atoms with Crippen LogP contribution in [0.15, 0.2) is 58.5 Å². The van der Waals surface area contributed by atoms with Crippen molar-refractivity contribution in [1.29, 1.82) is 0 Å². The van der Waals surface area contributed by atoms with E-state index in [2.05, 4.69) is 24.4 Å². The smallest absolute Gasteiger partial charge is 0.266 e. The van der Waals surface area contributed by atoms with Crippen LogP contribution in [0.25, 0.3) is 16.6 Å². The van der Waals surface area contributed by atoms with Gasteiger partial charge in [0.2, 0.25) is 5.91 Å². The number of fused-ring (bicyclic) bond motifs is 1. The molecule has 0 bridgehead atoms. The van der Waals surface area contributed by atoms with Gasteiger partial charge in [-0.05, 0) is 55.5 Å². The van der Waals surface area contributed by atoms with Crippen LogP contribution in [0.3, 0.4) is 0 Å². The van der Waals surface area contributed by atoms with Crippen molar-refractivity contribution >= 4 is 28.6 Å². The van der Waals surface area contributed by atoms with E-state index in [-0.39, 0.29) is 23.3 Å². The van der Waals surface area contributed by atoms with Gasteiger partial charge in [-0.2, -0.15) is 0 Å². The van der Waals surface area contributed by atoms with Crippen molar-refractivity contribution in [2.24, 2.45) is 0 Å². The summed E-state index contributed by atoms with van der Waals surface area (Å²) < 4.78 is 7.18. The molecule has 1 saturated heterocycles. The molecule has 2 aromatic carbocycles. The molecule has 1 aliphatic rings. The number of thioether (sulfide) groups is 1. The summed E-state index contributed by atoms with van der Waals surface area (Å²) >= 11 is 1.28. The number of ether oxygens (including phenoxy) is 1. The van der Waals surface area contributed by atoms with Crippen molar-refractivity contribution in [3.8, 4) is 5.69 Å². The molecule has 168 valence electrons. The molecule has 0 aliphatic carbocycles. The number of hydrogen-bond acceptors (Lipinski definition) is 5. The average Bonchev–Trinajstić information content (AvgIpc) is 3.34. The second-order valence-corrected chi connectivity index (χ2v) is 8.99. The van der Waals surface area contributed by atoms with Gasteiger partial charge in [0, 0.05) is 13.2 Å². The van der Waals surface area contributed by atoms with Crippen LogP contribution in [-0.2, 0) is 16.0 Å². The van der Waals surface area contributed by atoms with Crippen LogP contribution < -0.4 is 10.9 Å². The minimum absolute atomic E-state index is 0.0885. The number of unbranched alkanes of at least 4 members (excludes halogenated alkanes) is 1. The Kier molecular flexibility index (Phi) is 7.60. The average molecular weight is 452 g/mol. The molecular weight excluding hydrogens is 422 g/mol. The Balaban J connectivity index is 1.57. The van der Waals surface area contributed by atoms with Gasteiger partial charge in [0.15, 0.2) is 5.16 Å². The lowest BCUT2D eigenvalue weighted by molar-refractivity contribution is -0.119. The predicted molar refractivity (Wildman–Crippen MR) is 129 cm³/mol. The van der Waals surface area contributed by atoms with Crippen LogP contribution in [-0.4, -0.2) is 40.5 Å². The lowest BCUT2D eigenvalue weighted by Crippen LogP contribution is -2.33. The summed E-state index contributed by atoms with van der Waals surface area (Å²) in [4.78, 5) is 30.5. The Morgan fingerprint density at radius 2 is 2.03 bits per heavy atom. The molecule has 3 aromatic rings.